The fraction of sp³-hybridized carbons (Fsp3) is 0.956. The number of hydrogen-bond acceptors (Lipinski definition) is 17. The van der Waals surface area contributed by atoms with Crippen LogP contribution in [0.3, 0.4) is 0 Å². The normalized spacial score (nSPS) is 53.0. The molecule has 17 heteroatoms. The molecule has 62 heavy (non-hydrogen) atoms. The average molecular weight is 889 g/mol. The maximum absolute atomic E-state index is 11.9. The Morgan fingerprint density at radius 2 is 1.31 bits per heavy atom. The molecule has 26 atom stereocenters. The molecule has 3 saturated carbocycles. The summed E-state index contributed by atoms with van der Waals surface area (Å²) in [7, 11) is 0. The van der Waals surface area contributed by atoms with E-state index in [0.29, 0.717) is 25.2 Å². The van der Waals surface area contributed by atoms with Crippen LogP contribution < -0.4 is 0 Å². The van der Waals surface area contributed by atoms with E-state index in [1.54, 1.807) is 6.92 Å². The molecular formula is C45H76O17. The van der Waals surface area contributed by atoms with Crippen LogP contribution in [0.15, 0.2) is 11.6 Å². The zero-order valence-electron chi connectivity index (χ0n) is 37.2. The molecule has 3 heterocycles. The molecule has 6 fully saturated rings. The van der Waals surface area contributed by atoms with Crippen LogP contribution in [0.5, 0.6) is 0 Å². The lowest BCUT2D eigenvalue weighted by atomic mass is 9.46. The van der Waals surface area contributed by atoms with Gasteiger partial charge in [-0.2, -0.15) is 0 Å². The van der Waals surface area contributed by atoms with Crippen molar-refractivity contribution >= 4 is 0 Å². The summed E-state index contributed by atoms with van der Waals surface area (Å²) in [5.41, 5.74) is 0.123. The van der Waals surface area contributed by atoms with Crippen LogP contribution in [0.4, 0.5) is 0 Å². The summed E-state index contributed by atoms with van der Waals surface area (Å²) in [6.07, 6.45) is -16.3. The molecule has 0 aromatic heterocycles. The molecule has 0 aromatic rings. The zero-order valence-corrected chi connectivity index (χ0v) is 37.2. The quantitative estimate of drug-likeness (QED) is 0.114. The highest BCUT2D eigenvalue weighted by atomic mass is 16.7. The van der Waals surface area contributed by atoms with Gasteiger partial charge in [-0.3, -0.25) is 0 Å². The SMILES string of the molecule is CC(C)CC[C@H](O)[C@@H](C)[C@H]1[C@@H](O[C@@H]2O[C@H](CO)[C@@H](O)[C@H](O[C@@H]3O[C@@H](C)[C@H](O)[C@@H](O)[C@H]3O)[C@H]2O)C[C@H]2[C@@H]3CC=C4C[C@@H](O)C[C@@H](O[C@@H]5O[C@@H](C)[C@H](O)[C@@H](O)[C@H]5O)[C@]4(C)[C@H]3CC[C@]12C. The fourth-order valence-electron chi connectivity index (χ4n) is 13.1. The van der Waals surface area contributed by atoms with Gasteiger partial charge in [-0.05, 0) is 99.7 Å². The number of ether oxygens (including phenoxy) is 6. The van der Waals surface area contributed by atoms with Crippen LogP contribution in [-0.4, -0.2) is 179 Å². The summed E-state index contributed by atoms with van der Waals surface area (Å²) in [5, 5.41) is 120. The summed E-state index contributed by atoms with van der Waals surface area (Å²) in [6.45, 7) is 13.1. The minimum absolute atomic E-state index is 0.0406. The second kappa shape index (κ2) is 19.0. The first-order valence-corrected chi connectivity index (χ1v) is 23.2. The second-order valence-corrected chi connectivity index (χ2v) is 20.9. The van der Waals surface area contributed by atoms with E-state index in [-0.39, 0.29) is 41.4 Å². The first-order chi connectivity index (χ1) is 29.1. The van der Waals surface area contributed by atoms with Gasteiger partial charge in [-0.25, -0.2) is 0 Å². The lowest BCUT2D eigenvalue weighted by molar-refractivity contribution is -0.362. The van der Waals surface area contributed by atoms with Gasteiger partial charge in [0, 0.05) is 11.8 Å². The summed E-state index contributed by atoms with van der Waals surface area (Å²) in [4.78, 5) is 0. The summed E-state index contributed by atoms with van der Waals surface area (Å²) in [5.74, 6) is 0.0897. The lowest BCUT2D eigenvalue weighted by Gasteiger charge is -2.60. The Balaban J connectivity index is 1.18. The van der Waals surface area contributed by atoms with E-state index in [0.717, 1.165) is 31.3 Å². The molecular weight excluding hydrogens is 812 g/mol. The van der Waals surface area contributed by atoms with E-state index in [1.807, 2.05) is 6.92 Å². The van der Waals surface area contributed by atoms with Crippen molar-refractivity contribution in [2.45, 2.75) is 216 Å². The molecule has 0 amide bonds. The largest absolute Gasteiger partial charge is 0.394 e. The van der Waals surface area contributed by atoms with E-state index in [9.17, 15) is 56.2 Å². The maximum atomic E-state index is 11.9. The number of fused-ring (bicyclic) bond motifs is 5. The highest BCUT2D eigenvalue weighted by Crippen LogP contribution is 2.68. The Labute approximate surface area is 364 Å². The van der Waals surface area contributed by atoms with Gasteiger partial charge in [0.05, 0.1) is 43.2 Å². The van der Waals surface area contributed by atoms with E-state index < -0.39 is 129 Å². The third-order valence-electron chi connectivity index (χ3n) is 16.8. The molecule has 0 spiro atoms. The smallest absolute Gasteiger partial charge is 0.187 e. The molecule has 7 rings (SSSR count). The molecule has 0 unspecified atom stereocenters. The van der Waals surface area contributed by atoms with Crippen LogP contribution in [0.25, 0.3) is 0 Å². The van der Waals surface area contributed by atoms with Crippen molar-refractivity contribution in [3.8, 4) is 0 Å². The van der Waals surface area contributed by atoms with Crippen LogP contribution in [0.2, 0.25) is 0 Å². The van der Waals surface area contributed by atoms with Crippen molar-refractivity contribution in [3.63, 3.8) is 0 Å². The van der Waals surface area contributed by atoms with E-state index >= 15 is 0 Å². The van der Waals surface area contributed by atoms with E-state index in [2.05, 4.69) is 33.8 Å². The molecule has 7 aliphatic rings. The summed E-state index contributed by atoms with van der Waals surface area (Å²) >= 11 is 0. The number of rotatable bonds is 12. The van der Waals surface area contributed by atoms with Crippen molar-refractivity contribution in [2.24, 2.45) is 46.3 Å². The lowest BCUT2D eigenvalue weighted by Crippen LogP contribution is -2.64. The van der Waals surface area contributed by atoms with Gasteiger partial charge in [0.15, 0.2) is 18.9 Å². The van der Waals surface area contributed by atoms with Crippen molar-refractivity contribution < 1.29 is 84.6 Å². The molecule has 0 radical (unpaired) electrons. The van der Waals surface area contributed by atoms with Gasteiger partial charge in [-0.1, -0.05) is 46.3 Å². The predicted octanol–water partition coefficient (Wildman–Crippen LogP) is -0.171. The van der Waals surface area contributed by atoms with Crippen molar-refractivity contribution in [1.29, 1.82) is 0 Å². The van der Waals surface area contributed by atoms with Crippen LogP contribution in [0.1, 0.15) is 99.8 Å². The summed E-state index contributed by atoms with van der Waals surface area (Å²) < 4.78 is 37.0. The van der Waals surface area contributed by atoms with Gasteiger partial charge in [-0.15, -0.1) is 0 Å². The average Bonchev–Trinajstić information content (AvgIpc) is 3.53. The monoisotopic (exact) mass is 889 g/mol. The number of allylic oxidation sites excluding steroid dienone is 1. The Kier molecular flexibility index (Phi) is 15.0. The van der Waals surface area contributed by atoms with Crippen molar-refractivity contribution in [2.75, 3.05) is 6.61 Å². The predicted molar refractivity (Wildman–Crippen MR) is 218 cm³/mol. The zero-order chi connectivity index (χ0) is 45.3. The van der Waals surface area contributed by atoms with Crippen LogP contribution in [-0.2, 0) is 28.4 Å². The first kappa shape index (κ1) is 49.0. The molecule has 3 saturated heterocycles. The van der Waals surface area contributed by atoms with Crippen molar-refractivity contribution in [3.05, 3.63) is 11.6 Å². The minimum Gasteiger partial charge on any atom is -0.394 e. The van der Waals surface area contributed by atoms with Gasteiger partial charge in [0.2, 0.25) is 0 Å². The van der Waals surface area contributed by atoms with Gasteiger partial charge in [0.1, 0.15) is 61.0 Å². The van der Waals surface area contributed by atoms with Crippen LogP contribution >= 0.6 is 0 Å². The van der Waals surface area contributed by atoms with E-state index in [4.69, 9.17) is 28.4 Å². The first-order valence-electron chi connectivity index (χ1n) is 23.2. The Morgan fingerprint density at radius 1 is 0.710 bits per heavy atom. The highest BCUT2D eigenvalue weighted by Gasteiger charge is 2.65. The Bertz CT molecular complexity index is 1540. The topological polar surface area (TPSA) is 278 Å². The third kappa shape index (κ3) is 8.72. The van der Waals surface area contributed by atoms with Crippen LogP contribution in [0, 0.1) is 46.3 Å². The summed E-state index contributed by atoms with van der Waals surface area (Å²) in [6, 6.07) is 0. The molecule has 0 bridgehead atoms. The molecule has 17 nitrogen and oxygen atoms in total. The maximum Gasteiger partial charge on any atom is 0.187 e. The van der Waals surface area contributed by atoms with E-state index in [1.165, 1.54) is 6.92 Å². The number of hydrogen-bond donors (Lipinski definition) is 11. The fourth-order valence-corrected chi connectivity index (χ4v) is 13.1. The van der Waals surface area contributed by atoms with Gasteiger partial charge in [0.25, 0.3) is 0 Å². The highest BCUT2D eigenvalue weighted by molar-refractivity contribution is 5.28. The minimum atomic E-state index is -1.72. The molecule has 358 valence electrons. The number of aliphatic hydroxyl groups is 11. The van der Waals surface area contributed by atoms with Gasteiger partial charge < -0.3 is 84.6 Å². The Morgan fingerprint density at radius 3 is 1.90 bits per heavy atom. The number of aliphatic hydroxyl groups excluding tert-OH is 11. The Hall–Kier alpha value is -0.940. The molecule has 4 aliphatic carbocycles. The standard InChI is InChI=1S/C45H76O17/c1-18(2)8-11-27(48)19(3)31-28(59-43-39(56)40(34(51)29(17-46)60-43)62-42-38(55)36(53)33(50)21(5)58-42)16-26-24-10-9-22-14-23(47)15-30(45(22,7)25(24)12-13-44(26,31)6)61-41-37(54)35(52)32(49)20(4)57-41/h9,18-21,23-43,46-56H,8,10-17H2,1-7H3/t19-,20+,21+,23-,24-,25+,26+,27+,28+,29-,30-,31+,32+,33+,34-,35-,36-,37-,38-,39-,40+,41+,42+,43-,44+,45+/m1/s1. The van der Waals surface area contributed by atoms with Crippen molar-refractivity contribution in [1.82, 2.24) is 0 Å². The molecule has 11 N–H and O–H groups in total. The van der Waals surface area contributed by atoms with Gasteiger partial charge >= 0.3 is 0 Å². The molecule has 3 aliphatic heterocycles. The second-order valence-electron chi connectivity index (χ2n) is 20.9. The third-order valence-corrected chi connectivity index (χ3v) is 16.8. The molecule has 0 aromatic carbocycles.